The van der Waals surface area contributed by atoms with E-state index in [1.54, 1.807) is 18.2 Å². The number of ether oxygens (including phenoxy) is 1. The van der Waals surface area contributed by atoms with Crippen LogP contribution in [0.3, 0.4) is 0 Å². The second kappa shape index (κ2) is 6.11. The molecule has 0 amide bonds. The van der Waals surface area contributed by atoms with Crippen LogP contribution in [0, 0.1) is 11.3 Å². The van der Waals surface area contributed by atoms with Gasteiger partial charge in [0.15, 0.2) is 0 Å². The first-order valence-corrected chi connectivity index (χ1v) is 6.66. The molecule has 0 saturated heterocycles. The summed E-state index contributed by atoms with van der Waals surface area (Å²) < 4.78 is 7.65. The molecule has 0 aliphatic carbocycles. The van der Waals surface area contributed by atoms with Gasteiger partial charge in [0.1, 0.15) is 18.4 Å². The van der Waals surface area contributed by atoms with Gasteiger partial charge in [-0.15, -0.1) is 0 Å². The molecule has 5 heteroatoms. The van der Waals surface area contributed by atoms with Crippen molar-refractivity contribution in [3.63, 3.8) is 0 Å². The number of aryl methyl sites for hydroxylation is 2. The van der Waals surface area contributed by atoms with Gasteiger partial charge in [-0.05, 0) is 37.6 Å². The summed E-state index contributed by atoms with van der Waals surface area (Å²) in [6.07, 6.45) is 0.894. The summed E-state index contributed by atoms with van der Waals surface area (Å²) in [7, 11) is 0. The van der Waals surface area contributed by atoms with Crippen molar-refractivity contribution in [1.29, 1.82) is 5.26 Å². The highest BCUT2D eigenvalue weighted by atomic mass is 16.5. The van der Waals surface area contributed by atoms with E-state index in [1.807, 2.05) is 17.7 Å². The van der Waals surface area contributed by atoms with Crippen molar-refractivity contribution in [3.05, 3.63) is 41.2 Å². The van der Waals surface area contributed by atoms with Crippen LogP contribution < -0.4 is 10.5 Å². The van der Waals surface area contributed by atoms with E-state index in [0.29, 0.717) is 23.6 Å². The molecule has 0 aliphatic rings. The molecule has 1 heterocycles. The first-order chi connectivity index (χ1) is 9.67. The van der Waals surface area contributed by atoms with Crippen LogP contribution in [0.25, 0.3) is 0 Å². The number of hydrogen-bond acceptors (Lipinski definition) is 4. The first kappa shape index (κ1) is 13.9. The van der Waals surface area contributed by atoms with Crippen LogP contribution in [-0.2, 0) is 19.6 Å². The van der Waals surface area contributed by atoms with E-state index in [-0.39, 0.29) is 0 Å². The Hall–Kier alpha value is -2.48. The molecular formula is C15H18N4O. The van der Waals surface area contributed by atoms with Crippen LogP contribution >= 0.6 is 0 Å². The SMILES string of the molecule is CCc1cc(COc2ccc(N)cc2C#N)n(CC)n1. The normalized spacial score (nSPS) is 10.2. The van der Waals surface area contributed by atoms with E-state index < -0.39 is 0 Å². The first-order valence-electron chi connectivity index (χ1n) is 6.66. The van der Waals surface area contributed by atoms with Crippen molar-refractivity contribution >= 4 is 5.69 Å². The third-order valence-corrected chi connectivity index (χ3v) is 3.08. The van der Waals surface area contributed by atoms with Gasteiger partial charge >= 0.3 is 0 Å². The predicted molar refractivity (Wildman–Crippen MR) is 77.2 cm³/mol. The van der Waals surface area contributed by atoms with E-state index in [2.05, 4.69) is 18.1 Å². The molecule has 0 saturated carbocycles. The van der Waals surface area contributed by atoms with Crippen LogP contribution in [0.15, 0.2) is 24.3 Å². The number of hydrogen-bond donors (Lipinski definition) is 1. The minimum atomic E-state index is 0.388. The van der Waals surface area contributed by atoms with Crippen molar-refractivity contribution in [2.75, 3.05) is 5.73 Å². The van der Waals surface area contributed by atoms with Crippen molar-refractivity contribution in [2.45, 2.75) is 33.4 Å². The average molecular weight is 270 g/mol. The Morgan fingerprint density at radius 1 is 1.35 bits per heavy atom. The zero-order chi connectivity index (χ0) is 14.5. The largest absolute Gasteiger partial charge is 0.486 e. The summed E-state index contributed by atoms with van der Waals surface area (Å²) in [5.74, 6) is 0.545. The fraction of sp³-hybridized carbons (Fsp3) is 0.333. The van der Waals surface area contributed by atoms with Crippen molar-refractivity contribution < 1.29 is 4.74 Å². The lowest BCUT2D eigenvalue weighted by molar-refractivity contribution is 0.291. The second-order valence-corrected chi connectivity index (χ2v) is 4.45. The predicted octanol–water partition coefficient (Wildman–Crippen LogP) is 2.50. The monoisotopic (exact) mass is 270 g/mol. The minimum Gasteiger partial charge on any atom is -0.486 e. The smallest absolute Gasteiger partial charge is 0.137 e. The lowest BCUT2D eigenvalue weighted by atomic mass is 10.2. The second-order valence-electron chi connectivity index (χ2n) is 4.45. The Balaban J connectivity index is 2.17. The van der Waals surface area contributed by atoms with E-state index >= 15 is 0 Å². The lowest BCUT2D eigenvalue weighted by Gasteiger charge is -2.09. The maximum Gasteiger partial charge on any atom is 0.137 e. The van der Waals surface area contributed by atoms with Gasteiger partial charge in [0.25, 0.3) is 0 Å². The van der Waals surface area contributed by atoms with E-state index in [0.717, 1.165) is 24.4 Å². The molecule has 2 aromatic rings. The molecule has 0 fully saturated rings. The Morgan fingerprint density at radius 3 is 2.80 bits per heavy atom. The summed E-state index contributed by atoms with van der Waals surface area (Å²) in [5, 5.41) is 13.5. The fourth-order valence-electron chi connectivity index (χ4n) is 1.99. The van der Waals surface area contributed by atoms with Gasteiger partial charge < -0.3 is 10.5 Å². The number of nitrogen functional groups attached to an aromatic ring is 1. The molecule has 1 aromatic heterocycles. The molecular weight excluding hydrogens is 252 g/mol. The number of anilines is 1. The van der Waals surface area contributed by atoms with E-state index in [9.17, 15) is 0 Å². The molecule has 0 unspecified atom stereocenters. The summed E-state index contributed by atoms with van der Waals surface area (Å²) in [5.41, 5.74) is 8.71. The number of rotatable bonds is 5. The Bertz CT molecular complexity index is 640. The molecule has 2 rings (SSSR count). The van der Waals surface area contributed by atoms with Gasteiger partial charge in [0.05, 0.1) is 17.0 Å². The summed E-state index contributed by atoms with van der Waals surface area (Å²) >= 11 is 0. The van der Waals surface area contributed by atoms with Crippen molar-refractivity contribution in [3.8, 4) is 11.8 Å². The van der Waals surface area contributed by atoms with Gasteiger partial charge in [-0.1, -0.05) is 6.92 Å². The van der Waals surface area contributed by atoms with Crippen molar-refractivity contribution in [2.24, 2.45) is 0 Å². The Labute approximate surface area is 118 Å². The average Bonchev–Trinajstić information content (AvgIpc) is 2.88. The summed E-state index contributed by atoms with van der Waals surface area (Å²) in [6, 6.07) is 9.19. The number of benzene rings is 1. The van der Waals surface area contributed by atoms with Crippen LogP contribution in [-0.4, -0.2) is 9.78 Å². The molecule has 0 spiro atoms. The minimum absolute atomic E-state index is 0.388. The molecule has 104 valence electrons. The molecule has 2 N–H and O–H groups in total. The number of nitrogens with zero attached hydrogens (tertiary/aromatic N) is 3. The van der Waals surface area contributed by atoms with Crippen LogP contribution in [0.5, 0.6) is 5.75 Å². The van der Waals surface area contributed by atoms with Crippen molar-refractivity contribution in [1.82, 2.24) is 9.78 Å². The Morgan fingerprint density at radius 2 is 2.15 bits per heavy atom. The Kier molecular flexibility index (Phi) is 4.26. The van der Waals surface area contributed by atoms with Crippen LogP contribution in [0.2, 0.25) is 0 Å². The lowest BCUT2D eigenvalue weighted by Crippen LogP contribution is -2.06. The maximum absolute atomic E-state index is 9.08. The highest BCUT2D eigenvalue weighted by molar-refractivity contribution is 5.53. The zero-order valence-electron chi connectivity index (χ0n) is 11.8. The highest BCUT2D eigenvalue weighted by Gasteiger charge is 2.08. The fourth-order valence-corrected chi connectivity index (χ4v) is 1.99. The number of nitrogens with two attached hydrogens (primary N) is 1. The third kappa shape index (κ3) is 2.91. The molecule has 0 aliphatic heterocycles. The quantitative estimate of drug-likeness (QED) is 0.847. The van der Waals surface area contributed by atoms with E-state index in [1.165, 1.54) is 0 Å². The number of aromatic nitrogens is 2. The number of nitriles is 1. The standard InChI is InChI=1S/C15H18N4O/c1-3-13-8-14(19(4-2)18-13)10-20-15-6-5-12(17)7-11(15)9-16/h5-8H,3-4,10,17H2,1-2H3. The highest BCUT2D eigenvalue weighted by Crippen LogP contribution is 2.21. The van der Waals surface area contributed by atoms with Gasteiger partial charge in [-0.3, -0.25) is 4.68 Å². The van der Waals surface area contributed by atoms with Gasteiger partial charge in [0, 0.05) is 12.2 Å². The molecule has 20 heavy (non-hydrogen) atoms. The zero-order valence-corrected chi connectivity index (χ0v) is 11.8. The van der Waals surface area contributed by atoms with E-state index in [4.69, 9.17) is 15.7 Å². The summed E-state index contributed by atoms with van der Waals surface area (Å²) in [6.45, 7) is 5.30. The topological polar surface area (TPSA) is 76.9 Å². The molecule has 1 aromatic carbocycles. The van der Waals surface area contributed by atoms with Gasteiger partial charge in [0.2, 0.25) is 0 Å². The third-order valence-electron chi connectivity index (χ3n) is 3.08. The van der Waals surface area contributed by atoms with Crippen LogP contribution in [0.4, 0.5) is 5.69 Å². The van der Waals surface area contributed by atoms with Gasteiger partial charge in [-0.25, -0.2) is 0 Å². The molecule has 5 nitrogen and oxygen atoms in total. The molecule has 0 radical (unpaired) electrons. The molecule has 0 atom stereocenters. The summed E-state index contributed by atoms with van der Waals surface area (Å²) in [4.78, 5) is 0. The molecule has 0 bridgehead atoms. The van der Waals surface area contributed by atoms with Gasteiger partial charge in [-0.2, -0.15) is 10.4 Å². The maximum atomic E-state index is 9.08. The van der Waals surface area contributed by atoms with Crippen LogP contribution in [0.1, 0.15) is 30.8 Å².